The van der Waals surface area contributed by atoms with E-state index in [9.17, 15) is 9.59 Å². The summed E-state index contributed by atoms with van der Waals surface area (Å²) < 4.78 is 7.54. The largest absolute Gasteiger partial charge is 0.441 e. The fourth-order valence-electron chi connectivity index (χ4n) is 3.49. The van der Waals surface area contributed by atoms with Gasteiger partial charge in [-0.1, -0.05) is 0 Å². The minimum Gasteiger partial charge on any atom is -0.441 e. The number of hydrogen-bond donors (Lipinski definition) is 0. The number of carbonyl (C=O) groups excluding carboxylic acids is 2. The second-order valence-corrected chi connectivity index (χ2v) is 7.32. The molecule has 2 saturated heterocycles. The molecule has 0 saturated carbocycles. The Balaban J connectivity index is 1.36. The Morgan fingerprint density at radius 2 is 2.21 bits per heavy atom. The van der Waals surface area contributed by atoms with Gasteiger partial charge in [0.15, 0.2) is 4.96 Å². The van der Waals surface area contributed by atoms with Crippen LogP contribution in [0, 0.1) is 0 Å². The van der Waals surface area contributed by atoms with Crippen LogP contribution in [0.3, 0.4) is 0 Å². The highest BCUT2D eigenvalue weighted by Gasteiger charge is 2.46. The van der Waals surface area contributed by atoms with Crippen molar-refractivity contribution >= 4 is 28.3 Å². The van der Waals surface area contributed by atoms with Gasteiger partial charge in [-0.3, -0.25) is 9.20 Å². The fraction of sp³-hybridized carbons (Fsp3) is 0.562. The van der Waals surface area contributed by atoms with Crippen molar-refractivity contribution in [2.24, 2.45) is 0 Å². The van der Waals surface area contributed by atoms with Crippen LogP contribution in [0.25, 0.3) is 4.96 Å². The lowest BCUT2D eigenvalue weighted by Crippen LogP contribution is -2.49. The van der Waals surface area contributed by atoms with Crippen LogP contribution >= 0.6 is 11.3 Å². The van der Waals surface area contributed by atoms with E-state index in [1.807, 2.05) is 34.0 Å². The number of ether oxygens (including phenoxy) is 1. The minimum atomic E-state index is -0.402. The molecule has 24 heavy (non-hydrogen) atoms. The van der Waals surface area contributed by atoms with Crippen LogP contribution in [0.5, 0.6) is 0 Å². The Hall–Kier alpha value is -2.09. The molecule has 4 heterocycles. The summed E-state index contributed by atoms with van der Waals surface area (Å²) in [6, 6.07) is 0. The molecular formula is C16H20N4O3S. The van der Waals surface area contributed by atoms with Crippen LogP contribution in [0.1, 0.15) is 25.5 Å². The molecule has 0 radical (unpaired) electrons. The number of imidazole rings is 1. The van der Waals surface area contributed by atoms with Gasteiger partial charge < -0.3 is 14.5 Å². The maximum Gasteiger partial charge on any atom is 0.410 e. The van der Waals surface area contributed by atoms with Gasteiger partial charge in [-0.25, -0.2) is 9.78 Å². The summed E-state index contributed by atoms with van der Waals surface area (Å²) in [5.74, 6) is 0.0901. The van der Waals surface area contributed by atoms with E-state index in [1.165, 1.54) is 0 Å². The SMILES string of the molecule is CCN1CC2(CCN(C(=O)Cc3cn4ccsc4n3)CC2)OC1=O. The van der Waals surface area contributed by atoms with Crippen LogP contribution in [0.15, 0.2) is 17.8 Å². The Morgan fingerprint density at radius 3 is 2.88 bits per heavy atom. The average molecular weight is 348 g/mol. The average Bonchev–Trinajstić information content (AvgIpc) is 3.22. The number of hydrogen-bond acceptors (Lipinski definition) is 5. The molecule has 2 aromatic rings. The van der Waals surface area contributed by atoms with Crippen molar-refractivity contribution in [3.05, 3.63) is 23.5 Å². The quantitative estimate of drug-likeness (QED) is 0.848. The van der Waals surface area contributed by atoms with Crippen LogP contribution < -0.4 is 0 Å². The molecule has 128 valence electrons. The molecule has 0 N–H and O–H groups in total. The standard InChI is InChI=1S/C16H20N4O3S/c1-2-18-11-16(23-15(18)22)3-5-19(6-4-16)13(21)9-12-10-20-7-8-24-14(20)17-12/h7-8,10H,2-6,9,11H2,1H3. The van der Waals surface area contributed by atoms with Crippen molar-refractivity contribution in [1.29, 1.82) is 0 Å². The van der Waals surface area contributed by atoms with Crippen molar-refractivity contribution in [3.63, 3.8) is 0 Å². The highest BCUT2D eigenvalue weighted by atomic mass is 32.1. The van der Waals surface area contributed by atoms with Gasteiger partial charge in [0.05, 0.1) is 18.7 Å². The lowest BCUT2D eigenvalue weighted by molar-refractivity contribution is -0.133. The van der Waals surface area contributed by atoms with E-state index < -0.39 is 5.60 Å². The molecular weight excluding hydrogens is 328 g/mol. The van der Waals surface area contributed by atoms with Crippen molar-refractivity contribution in [2.75, 3.05) is 26.2 Å². The van der Waals surface area contributed by atoms with Crippen molar-refractivity contribution < 1.29 is 14.3 Å². The molecule has 7 nitrogen and oxygen atoms in total. The Bertz CT molecular complexity index is 747. The van der Waals surface area contributed by atoms with E-state index in [0.717, 1.165) is 10.7 Å². The molecule has 0 atom stereocenters. The molecule has 2 aliphatic rings. The molecule has 2 aromatic heterocycles. The normalized spacial score (nSPS) is 20.1. The molecule has 0 bridgehead atoms. The Labute approximate surface area is 143 Å². The third-order valence-corrected chi connectivity index (χ3v) is 5.70. The maximum atomic E-state index is 12.5. The Morgan fingerprint density at radius 1 is 1.42 bits per heavy atom. The van der Waals surface area contributed by atoms with Crippen LogP contribution in [-0.4, -0.2) is 63.0 Å². The van der Waals surface area contributed by atoms with E-state index in [-0.39, 0.29) is 12.0 Å². The smallest absolute Gasteiger partial charge is 0.410 e. The van der Waals surface area contributed by atoms with Crippen LogP contribution in [0.4, 0.5) is 4.79 Å². The van der Waals surface area contributed by atoms with E-state index >= 15 is 0 Å². The molecule has 8 heteroatoms. The van der Waals surface area contributed by atoms with Gasteiger partial charge in [-0.15, -0.1) is 11.3 Å². The highest BCUT2D eigenvalue weighted by molar-refractivity contribution is 7.15. The molecule has 0 aromatic carbocycles. The summed E-state index contributed by atoms with van der Waals surface area (Å²) in [4.78, 5) is 33.3. The third-order valence-electron chi connectivity index (χ3n) is 4.93. The molecule has 0 unspecified atom stereocenters. The first-order valence-corrected chi connectivity index (χ1v) is 9.13. The molecule has 1 spiro atoms. The second-order valence-electron chi connectivity index (χ2n) is 6.45. The summed E-state index contributed by atoms with van der Waals surface area (Å²) >= 11 is 1.56. The monoisotopic (exact) mass is 348 g/mol. The zero-order chi connectivity index (χ0) is 16.7. The lowest BCUT2D eigenvalue weighted by Gasteiger charge is -2.37. The first kappa shape index (κ1) is 15.4. The van der Waals surface area contributed by atoms with Crippen LogP contribution in [0.2, 0.25) is 0 Å². The number of likely N-dealkylation sites (N-methyl/N-ethyl adjacent to an activating group) is 1. The van der Waals surface area contributed by atoms with E-state index in [0.29, 0.717) is 45.4 Å². The predicted octanol–water partition coefficient (Wildman–Crippen LogP) is 1.77. The molecule has 0 aliphatic carbocycles. The number of rotatable bonds is 3. The minimum absolute atomic E-state index is 0.0901. The third kappa shape index (κ3) is 2.64. The van der Waals surface area contributed by atoms with Crippen molar-refractivity contribution in [1.82, 2.24) is 19.2 Å². The number of likely N-dealkylation sites (tertiary alicyclic amines) is 1. The van der Waals surface area contributed by atoms with Gasteiger partial charge in [-0.2, -0.15) is 0 Å². The number of fused-ring (bicyclic) bond motifs is 1. The zero-order valence-electron chi connectivity index (χ0n) is 13.6. The number of amides is 2. The summed E-state index contributed by atoms with van der Waals surface area (Å²) in [6.45, 7) is 4.52. The first-order chi connectivity index (χ1) is 11.6. The summed E-state index contributed by atoms with van der Waals surface area (Å²) in [7, 11) is 0. The topological polar surface area (TPSA) is 67.2 Å². The molecule has 2 fully saturated rings. The van der Waals surface area contributed by atoms with Gasteiger partial charge in [0.2, 0.25) is 5.91 Å². The summed E-state index contributed by atoms with van der Waals surface area (Å²) in [5, 5.41) is 1.97. The molecule has 4 rings (SSSR count). The fourth-order valence-corrected chi connectivity index (χ4v) is 4.21. The van der Waals surface area contributed by atoms with E-state index in [4.69, 9.17) is 4.74 Å². The Kier molecular flexibility index (Phi) is 3.71. The van der Waals surface area contributed by atoms with Gasteiger partial charge in [-0.05, 0) is 6.92 Å². The van der Waals surface area contributed by atoms with Gasteiger partial charge in [0.25, 0.3) is 0 Å². The number of nitrogens with zero attached hydrogens (tertiary/aromatic N) is 4. The lowest BCUT2D eigenvalue weighted by atomic mass is 9.91. The van der Waals surface area contributed by atoms with Gasteiger partial charge in [0, 0.05) is 50.2 Å². The number of aromatic nitrogens is 2. The maximum absolute atomic E-state index is 12.5. The van der Waals surface area contributed by atoms with Crippen molar-refractivity contribution in [2.45, 2.75) is 31.8 Å². The summed E-state index contributed by atoms with van der Waals surface area (Å²) in [6.07, 6.45) is 5.36. The van der Waals surface area contributed by atoms with Crippen LogP contribution in [-0.2, 0) is 16.0 Å². The van der Waals surface area contributed by atoms with E-state index in [1.54, 1.807) is 16.2 Å². The van der Waals surface area contributed by atoms with Crippen molar-refractivity contribution in [3.8, 4) is 0 Å². The second kappa shape index (κ2) is 5.77. The van der Waals surface area contributed by atoms with Gasteiger partial charge in [0.1, 0.15) is 5.60 Å². The van der Waals surface area contributed by atoms with Gasteiger partial charge >= 0.3 is 6.09 Å². The highest BCUT2D eigenvalue weighted by Crippen LogP contribution is 2.33. The first-order valence-electron chi connectivity index (χ1n) is 8.25. The molecule has 2 amide bonds. The summed E-state index contributed by atoms with van der Waals surface area (Å²) in [5.41, 5.74) is 0.401. The zero-order valence-corrected chi connectivity index (χ0v) is 14.4. The van der Waals surface area contributed by atoms with E-state index in [2.05, 4.69) is 4.98 Å². The molecule has 2 aliphatic heterocycles. The number of carbonyl (C=O) groups is 2. The number of thiazole rings is 1. The number of piperidine rings is 1. The predicted molar refractivity (Wildman–Crippen MR) is 89.0 cm³/mol.